The lowest BCUT2D eigenvalue weighted by Gasteiger charge is -2.41. The van der Waals surface area contributed by atoms with E-state index in [4.69, 9.17) is 4.74 Å². The van der Waals surface area contributed by atoms with Gasteiger partial charge in [-0.25, -0.2) is 4.79 Å². The molecule has 6 nitrogen and oxygen atoms in total. The Morgan fingerprint density at radius 2 is 1.59 bits per heavy atom. The Bertz CT molecular complexity index is 727. The zero-order valence-corrected chi connectivity index (χ0v) is 15.3. The number of hydrogen-bond donors (Lipinski definition) is 1. The van der Waals surface area contributed by atoms with Gasteiger partial charge in [0.05, 0.1) is 25.7 Å². The zero-order chi connectivity index (χ0) is 19.2. The number of carbonyl (C=O) groups is 2. The third-order valence-electron chi connectivity index (χ3n) is 4.92. The molecule has 1 N–H and O–H groups in total. The second kappa shape index (κ2) is 8.68. The third kappa shape index (κ3) is 4.11. The van der Waals surface area contributed by atoms with Gasteiger partial charge in [0.1, 0.15) is 0 Å². The van der Waals surface area contributed by atoms with Crippen molar-refractivity contribution in [3.63, 3.8) is 0 Å². The van der Waals surface area contributed by atoms with E-state index in [1.165, 1.54) is 12.0 Å². The van der Waals surface area contributed by atoms with E-state index < -0.39 is 18.1 Å². The van der Waals surface area contributed by atoms with Crippen molar-refractivity contribution in [1.29, 1.82) is 0 Å². The van der Waals surface area contributed by atoms with Crippen LogP contribution >= 0.6 is 0 Å². The SMILES string of the molecule is COC(=O)N1CCN(C(=O)C(c2ccccc2)c2ccccc2)[C@H](CO)C1. The highest BCUT2D eigenvalue weighted by Crippen LogP contribution is 2.28. The topological polar surface area (TPSA) is 70.1 Å². The van der Waals surface area contributed by atoms with Crippen LogP contribution in [0.3, 0.4) is 0 Å². The first-order valence-electron chi connectivity index (χ1n) is 8.99. The fourth-order valence-electron chi connectivity index (χ4n) is 3.53. The Balaban J connectivity index is 1.89. The molecular weight excluding hydrogens is 344 g/mol. The Kier molecular flexibility index (Phi) is 6.08. The predicted octanol–water partition coefficient (Wildman–Crippen LogP) is 2.09. The highest BCUT2D eigenvalue weighted by molar-refractivity contribution is 5.87. The molecule has 0 radical (unpaired) electrons. The van der Waals surface area contributed by atoms with Crippen LogP contribution in [0.15, 0.2) is 60.7 Å². The molecule has 2 aromatic rings. The molecule has 1 fully saturated rings. The van der Waals surface area contributed by atoms with Crippen molar-refractivity contribution in [3.8, 4) is 0 Å². The van der Waals surface area contributed by atoms with Crippen molar-refractivity contribution in [1.82, 2.24) is 9.80 Å². The number of hydrogen-bond acceptors (Lipinski definition) is 4. The van der Waals surface area contributed by atoms with Gasteiger partial charge in [0, 0.05) is 19.6 Å². The summed E-state index contributed by atoms with van der Waals surface area (Å²) in [6, 6.07) is 18.8. The Morgan fingerprint density at radius 3 is 2.07 bits per heavy atom. The maximum atomic E-state index is 13.5. The zero-order valence-electron chi connectivity index (χ0n) is 15.3. The summed E-state index contributed by atoms with van der Waals surface area (Å²) in [7, 11) is 1.33. The number of aliphatic hydroxyl groups excluding tert-OH is 1. The van der Waals surface area contributed by atoms with Crippen LogP contribution in [0.2, 0.25) is 0 Å². The van der Waals surface area contributed by atoms with Crippen LogP contribution in [-0.2, 0) is 9.53 Å². The highest BCUT2D eigenvalue weighted by Gasteiger charge is 2.36. The summed E-state index contributed by atoms with van der Waals surface area (Å²) in [5, 5.41) is 9.83. The van der Waals surface area contributed by atoms with Crippen LogP contribution in [0.5, 0.6) is 0 Å². The number of ether oxygens (including phenoxy) is 1. The van der Waals surface area contributed by atoms with E-state index in [0.29, 0.717) is 13.1 Å². The largest absolute Gasteiger partial charge is 0.453 e. The molecule has 0 spiro atoms. The number of methoxy groups -OCH3 is 1. The molecule has 1 saturated heterocycles. The van der Waals surface area contributed by atoms with E-state index in [2.05, 4.69) is 0 Å². The monoisotopic (exact) mass is 368 g/mol. The molecule has 1 aliphatic heterocycles. The smallest absolute Gasteiger partial charge is 0.409 e. The molecular formula is C21H24N2O4. The van der Waals surface area contributed by atoms with Crippen LogP contribution in [0.1, 0.15) is 17.0 Å². The van der Waals surface area contributed by atoms with Gasteiger partial charge in [-0.2, -0.15) is 0 Å². The van der Waals surface area contributed by atoms with Crippen LogP contribution in [0, 0.1) is 0 Å². The molecule has 142 valence electrons. The lowest BCUT2D eigenvalue weighted by molar-refractivity contribution is -0.137. The van der Waals surface area contributed by atoms with Crippen molar-refractivity contribution < 1.29 is 19.4 Å². The first-order chi connectivity index (χ1) is 13.2. The maximum absolute atomic E-state index is 13.5. The fourth-order valence-corrected chi connectivity index (χ4v) is 3.53. The van der Waals surface area contributed by atoms with E-state index in [0.717, 1.165) is 11.1 Å². The molecule has 1 atom stereocenters. The van der Waals surface area contributed by atoms with Crippen LogP contribution < -0.4 is 0 Å². The summed E-state index contributed by atoms with van der Waals surface area (Å²) in [6.45, 7) is 0.779. The van der Waals surface area contributed by atoms with Crippen molar-refractivity contribution >= 4 is 12.0 Å². The van der Waals surface area contributed by atoms with E-state index in [9.17, 15) is 14.7 Å². The number of carbonyl (C=O) groups excluding carboxylic acids is 2. The number of nitrogens with zero attached hydrogens (tertiary/aromatic N) is 2. The molecule has 6 heteroatoms. The summed E-state index contributed by atoms with van der Waals surface area (Å²) in [5.41, 5.74) is 1.81. The van der Waals surface area contributed by atoms with E-state index >= 15 is 0 Å². The molecule has 27 heavy (non-hydrogen) atoms. The molecule has 0 aromatic heterocycles. The van der Waals surface area contributed by atoms with Crippen LogP contribution in [0.25, 0.3) is 0 Å². The number of benzene rings is 2. The molecule has 1 heterocycles. The first kappa shape index (κ1) is 18.9. The molecule has 1 aliphatic rings. The van der Waals surface area contributed by atoms with E-state index in [1.807, 2.05) is 60.7 Å². The second-order valence-electron chi connectivity index (χ2n) is 6.54. The predicted molar refractivity (Wildman–Crippen MR) is 101 cm³/mol. The third-order valence-corrected chi connectivity index (χ3v) is 4.92. The summed E-state index contributed by atoms with van der Waals surface area (Å²) in [5.74, 6) is -0.526. The van der Waals surface area contributed by atoms with Crippen molar-refractivity contribution in [2.45, 2.75) is 12.0 Å². The minimum Gasteiger partial charge on any atom is -0.453 e. The molecule has 0 unspecified atom stereocenters. The van der Waals surface area contributed by atoms with Crippen LogP contribution in [-0.4, -0.2) is 66.3 Å². The van der Waals surface area contributed by atoms with Gasteiger partial charge >= 0.3 is 6.09 Å². The van der Waals surface area contributed by atoms with Crippen molar-refractivity contribution in [2.75, 3.05) is 33.4 Å². The van der Waals surface area contributed by atoms with Gasteiger partial charge in [-0.3, -0.25) is 4.79 Å². The Hall–Kier alpha value is -2.86. The van der Waals surface area contributed by atoms with Crippen molar-refractivity contribution in [2.24, 2.45) is 0 Å². The minimum absolute atomic E-state index is 0.0732. The Morgan fingerprint density at radius 1 is 1.04 bits per heavy atom. The van der Waals surface area contributed by atoms with Crippen LogP contribution in [0.4, 0.5) is 4.79 Å². The van der Waals surface area contributed by atoms with Gasteiger partial charge in [0.2, 0.25) is 5.91 Å². The standard InChI is InChI=1S/C21H24N2O4/c1-27-21(26)22-12-13-23(18(14-22)15-24)20(25)19(16-8-4-2-5-9-16)17-10-6-3-7-11-17/h2-11,18-19,24H,12-15H2,1H3/t18-/m0/s1. The van der Waals surface area contributed by atoms with Gasteiger partial charge in [0.15, 0.2) is 0 Å². The lowest BCUT2D eigenvalue weighted by atomic mass is 9.89. The van der Waals surface area contributed by atoms with Gasteiger partial charge in [-0.1, -0.05) is 60.7 Å². The molecule has 2 aromatic carbocycles. The number of piperazine rings is 1. The van der Waals surface area contributed by atoms with Gasteiger partial charge in [-0.15, -0.1) is 0 Å². The minimum atomic E-state index is -0.458. The van der Waals surface area contributed by atoms with E-state index in [-0.39, 0.29) is 19.1 Å². The summed E-state index contributed by atoms with van der Waals surface area (Å²) >= 11 is 0. The molecule has 0 saturated carbocycles. The number of aliphatic hydroxyl groups is 1. The number of amides is 2. The number of rotatable bonds is 4. The molecule has 0 aliphatic carbocycles. The summed E-state index contributed by atoms with van der Waals surface area (Å²) < 4.78 is 4.77. The normalized spacial score (nSPS) is 17.1. The quantitative estimate of drug-likeness (QED) is 0.897. The van der Waals surface area contributed by atoms with Gasteiger partial charge in [0.25, 0.3) is 0 Å². The maximum Gasteiger partial charge on any atom is 0.409 e. The molecule has 3 rings (SSSR count). The Labute approximate surface area is 159 Å². The molecule has 2 amide bonds. The highest BCUT2D eigenvalue weighted by atomic mass is 16.5. The average molecular weight is 368 g/mol. The first-order valence-corrected chi connectivity index (χ1v) is 8.99. The summed E-state index contributed by atoms with van der Waals surface area (Å²) in [4.78, 5) is 28.5. The lowest BCUT2D eigenvalue weighted by Crippen LogP contribution is -2.58. The summed E-state index contributed by atoms with van der Waals surface area (Å²) in [6.07, 6.45) is -0.441. The average Bonchev–Trinajstić information content (AvgIpc) is 2.74. The van der Waals surface area contributed by atoms with Crippen molar-refractivity contribution in [3.05, 3.63) is 71.8 Å². The van der Waals surface area contributed by atoms with Gasteiger partial charge in [-0.05, 0) is 11.1 Å². The second-order valence-corrected chi connectivity index (χ2v) is 6.54. The van der Waals surface area contributed by atoms with E-state index in [1.54, 1.807) is 4.90 Å². The fraction of sp³-hybridized carbons (Fsp3) is 0.333. The van der Waals surface area contributed by atoms with Gasteiger partial charge < -0.3 is 19.6 Å². The molecule has 0 bridgehead atoms.